The van der Waals surface area contributed by atoms with Crippen LogP contribution in [-0.2, 0) is 24.3 Å². The molecule has 3 aromatic rings. The summed E-state index contributed by atoms with van der Waals surface area (Å²) in [5.74, 6) is 0.759. The van der Waals surface area contributed by atoms with E-state index in [1.807, 2.05) is 62.7 Å². The number of nitrogens with zero attached hydrogens (tertiary/aromatic N) is 2. The standard InChI is InChI=1S/C23H26ClN3O2S/c1-15-5-6-16(2)20(9-15)26-22(28)11-23-25-19(14-30-23)13-27(3)12-17-10-18(24)7-8-21(17)29-4/h5-10,14H,11-13H2,1-4H3,(H,26,28). The Balaban J connectivity index is 1.57. The molecule has 0 atom stereocenters. The van der Waals surface area contributed by atoms with E-state index < -0.39 is 0 Å². The van der Waals surface area contributed by atoms with Gasteiger partial charge in [0.2, 0.25) is 5.91 Å². The fraction of sp³-hybridized carbons (Fsp3) is 0.304. The van der Waals surface area contributed by atoms with E-state index in [0.29, 0.717) is 18.1 Å². The SMILES string of the molecule is COc1ccc(Cl)cc1CN(C)Cc1csc(CC(=O)Nc2cc(C)ccc2C)n1. The molecule has 2 aromatic carbocycles. The van der Waals surface area contributed by atoms with Gasteiger partial charge in [0, 0.05) is 34.7 Å². The van der Waals surface area contributed by atoms with E-state index in [1.54, 1.807) is 7.11 Å². The maximum absolute atomic E-state index is 12.4. The summed E-state index contributed by atoms with van der Waals surface area (Å²) < 4.78 is 5.42. The van der Waals surface area contributed by atoms with Crippen LogP contribution < -0.4 is 10.1 Å². The number of methoxy groups -OCH3 is 1. The number of aromatic nitrogens is 1. The molecule has 0 bridgehead atoms. The predicted octanol–water partition coefficient (Wildman–Crippen LogP) is 5.24. The van der Waals surface area contributed by atoms with E-state index in [2.05, 4.69) is 15.2 Å². The number of hydrogen-bond donors (Lipinski definition) is 1. The van der Waals surface area contributed by atoms with Gasteiger partial charge in [-0.2, -0.15) is 0 Å². The van der Waals surface area contributed by atoms with Crippen molar-refractivity contribution in [2.24, 2.45) is 0 Å². The van der Waals surface area contributed by atoms with Crippen LogP contribution in [0.25, 0.3) is 0 Å². The minimum Gasteiger partial charge on any atom is -0.496 e. The molecule has 0 aliphatic rings. The number of carbonyl (C=O) groups excluding carboxylic acids is 1. The summed E-state index contributed by atoms with van der Waals surface area (Å²) in [6.07, 6.45) is 0.268. The quantitative estimate of drug-likeness (QED) is 0.517. The molecule has 0 spiro atoms. The number of ether oxygens (including phenoxy) is 1. The number of rotatable bonds is 8. The number of anilines is 1. The molecule has 0 saturated carbocycles. The fourth-order valence-corrected chi connectivity index (χ4v) is 4.18. The van der Waals surface area contributed by atoms with Crippen molar-refractivity contribution < 1.29 is 9.53 Å². The molecule has 5 nitrogen and oxygen atoms in total. The molecule has 0 radical (unpaired) electrons. The van der Waals surface area contributed by atoms with Gasteiger partial charge in [-0.25, -0.2) is 4.98 Å². The van der Waals surface area contributed by atoms with E-state index in [1.165, 1.54) is 11.3 Å². The van der Waals surface area contributed by atoms with Crippen molar-refractivity contribution >= 4 is 34.5 Å². The van der Waals surface area contributed by atoms with Crippen LogP contribution in [0.3, 0.4) is 0 Å². The lowest BCUT2D eigenvalue weighted by Crippen LogP contribution is -2.18. The van der Waals surface area contributed by atoms with Crippen LogP contribution in [0, 0.1) is 13.8 Å². The Morgan fingerprint density at radius 1 is 1.20 bits per heavy atom. The number of benzene rings is 2. The number of nitrogens with one attached hydrogen (secondary N) is 1. The van der Waals surface area contributed by atoms with Gasteiger partial charge in [0.25, 0.3) is 0 Å². The third-order valence-corrected chi connectivity index (χ3v) is 5.83. The number of halogens is 1. The molecule has 7 heteroatoms. The van der Waals surface area contributed by atoms with Crippen LogP contribution in [0.2, 0.25) is 5.02 Å². The van der Waals surface area contributed by atoms with Crippen molar-refractivity contribution in [2.75, 3.05) is 19.5 Å². The van der Waals surface area contributed by atoms with Crippen molar-refractivity contribution in [3.63, 3.8) is 0 Å². The van der Waals surface area contributed by atoms with Crippen LogP contribution >= 0.6 is 22.9 Å². The summed E-state index contributed by atoms with van der Waals surface area (Å²) in [5.41, 5.74) is 4.99. The van der Waals surface area contributed by atoms with Gasteiger partial charge in [0.05, 0.1) is 19.2 Å². The number of aryl methyl sites for hydroxylation is 2. The third kappa shape index (κ3) is 6.05. The van der Waals surface area contributed by atoms with Gasteiger partial charge in [0.1, 0.15) is 10.8 Å². The number of hydrogen-bond acceptors (Lipinski definition) is 5. The van der Waals surface area contributed by atoms with Crippen molar-refractivity contribution in [3.8, 4) is 5.75 Å². The highest BCUT2D eigenvalue weighted by Crippen LogP contribution is 2.24. The minimum absolute atomic E-state index is 0.0541. The van der Waals surface area contributed by atoms with Gasteiger partial charge < -0.3 is 10.1 Å². The molecular weight excluding hydrogens is 418 g/mol. The van der Waals surface area contributed by atoms with Crippen LogP contribution in [0.1, 0.15) is 27.4 Å². The van der Waals surface area contributed by atoms with E-state index in [4.69, 9.17) is 16.3 Å². The fourth-order valence-electron chi connectivity index (χ4n) is 3.20. The average molecular weight is 444 g/mol. The Bertz CT molecular complexity index is 1040. The van der Waals surface area contributed by atoms with Crippen molar-refractivity contribution in [3.05, 3.63) is 74.2 Å². The highest BCUT2D eigenvalue weighted by atomic mass is 35.5. The minimum atomic E-state index is -0.0541. The Morgan fingerprint density at radius 2 is 2.00 bits per heavy atom. The predicted molar refractivity (Wildman–Crippen MR) is 124 cm³/mol. The summed E-state index contributed by atoms with van der Waals surface area (Å²) in [5, 5.41) is 6.49. The Morgan fingerprint density at radius 3 is 2.77 bits per heavy atom. The van der Waals surface area contributed by atoms with Crippen LogP contribution in [-0.4, -0.2) is 29.9 Å². The molecule has 0 saturated heterocycles. The molecule has 1 heterocycles. The van der Waals surface area contributed by atoms with Gasteiger partial charge >= 0.3 is 0 Å². The smallest absolute Gasteiger partial charge is 0.231 e. The largest absolute Gasteiger partial charge is 0.496 e. The van der Waals surface area contributed by atoms with Crippen LogP contribution in [0.4, 0.5) is 5.69 Å². The van der Waals surface area contributed by atoms with Gasteiger partial charge in [-0.05, 0) is 56.3 Å². The summed E-state index contributed by atoms with van der Waals surface area (Å²) in [6, 6.07) is 11.6. The van der Waals surface area contributed by atoms with E-state index >= 15 is 0 Å². The second-order valence-corrected chi connectivity index (χ2v) is 8.78. The topological polar surface area (TPSA) is 54.5 Å². The molecule has 3 rings (SSSR count). The highest BCUT2D eigenvalue weighted by molar-refractivity contribution is 7.09. The third-order valence-electron chi connectivity index (χ3n) is 4.69. The molecule has 1 aromatic heterocycles. The zero-order chi connectivity index (χ0) is 21.7. The van der Waals surface area contributed by atoms with Crippen molar-refractivity contribution in [2.45, 2.75) is 33.4 Å². The zero-order valence-electron chi connectivity index (χ0n) is 17.7. The Labute approximate surface area is 186 Å². The summed E-state index contributed by atoms with van der Waals surface area (Å²) in [7, 11) is 3.68. The summed E-state index contributed by atoms with van der Waals surface area (Å²) >= 11 is 7.63. The summed E-state index contributed by atoms with van der Waals surface area (Å²) in [4.78, 5) is 19.2. The molecule has 30 heavy (non-hydrogen) atoms. The van der Waals surface area contributed by atoms with Crippen LogP contribution in [0.5, 0.6) is 5.75 Å². The Kier molecular flexibility index (Phi) is 7.48. The maximum Gasteiger partial charge on any atom is 0.231 e. The highest BCUT2D eigenvalue weighted by Gasteiger charge is 2.12. The summed E-state index contributed by atoms with van der Waals surface area (Å²) in [6.45, 7) is 5.35. The normalized spacial score (nSPS) is 11.0. The maximum atomic E-state index is 12.4. The lowest BCUT2D eigenvalue weighted by atomic mass is 10.1. The number of amides is 1. The first-order valence-electron chi connectivity index (χ1n) is 9.65. The van der Waals surface area contributed by atoms with Crippen molar-refractivity contribution in [1.82, 2.24) is 9.88 Å². The van der Waals surface area contributed by atoms with Gasteiger partial charge in [-0.3, -0.25) is 9.69 Å². The number of thiazole rings is 1. The van der Waals surface area contributed by atoms with E-state index in [9.17, 15) is 4.79 Å². The van der Waals surface area contributed by atoms with E-state index in [0.717, 1.165) is 38.8 Å². The molecular formula is C23H26ClN3O2S. The first-order chi connectivity index (χ1) is 14.3. The first kappa shape index (κ1) is 22.3. The zero-order valence-corrected chi connectivity index (χ0v) is 19.2. The van der Waals surface area contributed by atoms with E-state index in [-0.39, 0.29) is 12.3 Å². The molecule has 0 aliphatic carbocycles. The Hall–Kier alpha value is -2.41. The van der Waals surface area contributed by atoms with Gasteiger partial charge in [0.15, 0.2) is 0 Å². The lowest BCUT2D eigenvalue weighted by molar-refractivity contribution is -0.115. The average Bonchev–Trinajstić information content (AvgIpc) is 3.11. The lowest BCUT2D eigenvalue weighted by Gasteiger charge is -2.17. The second-order valence-electron chi connectivity index (χ2n) is 7.40. The monoisotopic (exact) mass is 443 g/mol. The molecule has 0 aliphatic heterocycles. The van der Waals surface area contributed by atoms with Crippen molar-refractivity contribution in [1.29, 1.82) is 0 Å². The molecule has 1 amide bonds. The van der Waals surface area contributed by atoms with Crippen LogP contribution in [0.15, 0.2) is 41.8 Å². The molecule has 158 valence electrons. The number of carbonyl (C=O) groups is 1. The molecule has 0 fully saturated rings. The first-order valence-corrected chi connectivity index (χ1v) is 10.9. The second kappa shape index (κ2) is 10.1. The molecule has 1 N–H and O–H groups in total. The van der Waals surface area contributed by atoms with Gasteiger partial charge in [-0.15, -0.1) is 11.3 Å². The molecule has 0 unspecified atom stereocenters. The van der Waals surface area contributed by atoms with Gasteiger partial charge in [-0.1, -0.05) is 23.7 Å².